The summed E-state index contributed by atoms with van der Waals surface area (Å²) < 4.78 is 5.06. The maximum absolute atomic E-state index is 12.5. The van der Waals surface area contributed by atoms with Gasteiger partial charge in [-0.1, -0.05) is 16.9 Å². The van der Waals surface area contributed by atoms with Crippen LogP contribution in [0.15, 0.2) is 33.9 Å². The lowest BCUT2D eigenvalue weighted by Crippen LogP contribution is -2.45. The highest BCUT2D eigenvalue weighted by Crippen LogP contribution is 2.24. The van der Waals surface area contributed by atoms with Crippen molar-refractivity contribution >= 4 is 17.7 Å². The van der Waals surface area contributed by atoms with Crippen molar-refractivity contribution < 1.29 is 9.32 Å². The van der Waals surface area contributed by atoms with E-state index in [0.29, 0.717) is 11.3 Å². The smallest absolute Gasteiger partial charge is 0.254 e. The van der Waals surface area contributed by atoms with E-state index >= 15 is 0 Å². The zero-order valence-electron chi connectivity index (χ0n) is 13.0. The minimum absolute atomic E-state index is 0.0642. The number of amides is 1. The predicted octanol–water partition coefficient (Wildman–Crippen LogP) is 2.15. The predicted molar refractivity (Wildman–Crippen MR) is 88.4 cm³/mol. The molecule has 3 heterocycles. The zero-order chi connectivity index (χ0) is 16.1. The van der Waals surface area contributed by atoms with Crippen molar-refractivity contribution in [3.63, 3.8) is 0 Å². The lowest BCUT2D eigenvalue weighted by atomic mass is 10.1. The van der Waals surface area contributed by atoms with E-state index in [1.807, 2.05) is 19.1 Å². The normalized spacial score (nSPS) is 17.9. The van der Waals surface area contributed by atoms with Crippen LogP contribution in [-0.2, 0) is 5.75 Å². The summed E-state index contributed by atoms with van der Waals surface area (Å²) in [6, 6.07) is 5.68. The van der Waals surface area contributed by atoms with E-state index in [2.05, 4.69) is 20.8 Å². The molecule has 2 N–H and O–H groups in total. The number of carbonyl (C=O) groups excluding carboxylic acids is 1. The summed E-state index contributed by atoms with van der Waals surface area (Å²) in [6.07, 6.45) is 3.81. The average Bonchev–Trinajstić information content (AvgIpc) is 2.99. The number of carbonyl (C=O) groups is 1. The molecule has 122 valence electrons. The number of nitrogens with zero attached hydrogens (tertiary/aromatic N) is 2. The molecule has 1 atom stereocenters. The molecule has 1 aliphatic heterocycles. The molecule has 7 heteroatoms. The first kappa shape index (κ1) is 16.0. The van der Waals surface area contributed by atoms with Gasteiger partial charge in [0.1, 0.15) is 10.8 Å². The minimum atomic E-state index is -0.0642. The van der Waals surface area contributed by atoms with Crippen LogP contribution >= 0.6 is 11.8 Å². The molecule has 1 amide bonds. The third-order valence-electron chi connectivity index (χ3n) is 3.68. The van der Waals surface area contributed by atoms with Gasteiger partial charge in [0.2, 0.25) is 0 Å². The van der Waals surface area contributed by atoms with Crippen LogP contribution in [0.25, 0.3) is 0 Å². The van der Waals surface area contributed by atoms with Gasteiger partial charge in [-0.05, 0) is 38.4 Å². The second-order valence-electron chi connectivity index (χ2n) is 5.59. The van der Waals surface area contributed by atoms with Crippen molar-refractivity contribution in [1.29, 1.82) is 0 Å². The van der Waals surface area contributed by atoms with Gasteiger partial charge in [-0.3, -0.25) is 4.79 Å². The van der Waals surface area contributed by atoms with Crippen LogP contribution in [0.2, 0.25) is 0 Å². The molecule has 0 aliphatic carbocycles. The number of nitrogens with one attached hydrogen (secondary N) is 2. The molecule has 0 spiro atoms. The molecule has 3 rings (SSSR count). The summed E-state index contributed by atoms with van der Waals surface area (Å²) in [5.74, 6) is 1.34. The van der Waals surface area contributed by atoms with Crippen LogP contribution in [-0.4, -0.2) is 35.2 Å². The second-order valence-corrected chi connectivity index (χ2v) is 6.55. The van der Waals surface area contributed by atoms with Gasteiger partial charge in [0.25, 0.3) is 5.91 Å². The number of hydrogen-bond donors (Lipinski definition) is 2. The third-order valence-corrected chi connectivity index (χ3v) is 4.72. The van der Waals surface area contributed by atoms with Crippen molar-refractivity contribution in [3.05, 3.63) is 41.4 Å². The number of piperidine rings is 1. The van der Waals surface area contributed by atoms with Gasteiger partial charge in [0.05, 0.1) is 11.3 Å². The van der Waals surface area contributed by atoms with Gasteiger partial charge in [-0.2, -0.15) is 0 Å². The topological polar surface area (TPSA) is 80.0 Å². The Balaban J connectivity index is 1.65. The number of pyridine rings is 1. The largest absolute Gasteiger partial charge is 0.361 e. The molecule has 23 heavy (non-hydrogen) atoms. The van der Waals surface area contributed by atoms with Crippen molar-refractivity contribution in [2.75, 3.05) is 13.1 Å². The van der Waals surface area contributed by atoms with Gasteiger partial charge >= 0.3 is 0 Å². The van der Waals surface area contributed by atoms with E-state index in [1.165, 1.54) is 11.8 Å². The van der Waals surface area contributed by atoms with E-state index in [0.717, 1.165) is 42.4 Å². The molecule has 1 saturated heterocycles. The summed E-state index contributed by atoms with van der Waals surface area (Å²) in [7, 11) is 0. The van der Waals surface area contributed by atoms with Crippen LogP contribution < -0.4 is 10.6 Å². The van der Waals surface area contributed by atoms with Gasteiger partial charge in [-0.15, -0.1) is 0 Å². The molecule has 0 aromatic carbocycles. The zero-order valence-corrected chi connectivity index (χ0v) is 13.9. The first-order valence-corrected chi connectivity index (χ1v) is 8.72. The van der Waals surface area contributed by atoms with Crippen LogP contribution in [0.3, 0.4) is 0 Å². The molecule has 0 saturated carbocycles. The minimum Gasteiger partial charge on any atom is -0.361 e. The van der Waals surface area contributed by atoms with E-state index in [-0.39, 0.29) is 11.9 Å². The van der Waals surface area contributed by atoms with Gasteiger partial charge in [0, 0.05) is 30.6 Å². The molecule has 1 unspecified atom stereocenters. The average molecular weight is 332 g/mol. The van der Waals surface area contributed by atoms with Crippen molar-refractivity contribution in [1.82, 2.24) is 20.8 Å². The number of aryl methyl sites for hydroxylation is 1. The maximum atomic E-state index is 12.5. The Labute approximate surface area is 139 Å². The Morgan fingerprint density at radius 1 is 1.57 bits per heavy atom. The number of aromatic nitrogens is 2. The molecule has 2 aromatic rings. The van der Waals surface area contributed by atoms with Crippen LogP contribution in [0, 0.1) is 6.92 Å². The lowest BCUT2D eigenvalue weighted by Gasteiger charge is -2.24. The second kappa shape index (κ2) is 7.61. The van der Waals surface area contributed by atoms with E-state index < -0.39 is 0 Å². The molecular weight excluding hydrogens is 312 g/mol. The SMILES string of the molecule is Cc1cc(CSc2ncccc2C(=O)NC2CCCNC2)no1. The Kier molecular flexibility index (Phi) is 5.30. The van der Waals surface area contributed by atoms with Crippen LogP contribution in [0.5, 0.6) is 0 Å². The monoisotopic (exact) mass is 332 g/mol. The standard InChI is InChI=1S/C16H20N4O2S/c1-11-8-13(20-22-11)10-23-16-14(5-3-7-18-16)15(21)19-12-4-2-6-17-9-12/h3,5,7-8,12,17H,2,4,6,9-10H2,1H3,(H,19,21). The molecular formula is C16H20N4O2S. The van der Waals surface area contributed by atoms with Gasteiger partial charge < -0.3 is 15.2 Å². The summed E-state index contributed by atoms with van der Waals surface area (Å²) in [5.41, 5.74) is 1.46. The highest BCUT2D eigenvalue weighted by atomic mass is 32.2. The fraction of sp³-hybridized carbons (Fsp3) is 0.438. The van der Waals surface area contributed by atoms with E-state index in [1.54, 1.807) is 12.3 Å². The fourth-order valence-electron chi connectivity index (χ4n) is 2.55. The Morgan fingerprint density at radius 3 is 3.22 bits per heavy atom. The van der Waals surface area contributed by atoms with Crippen molar-refractivity contribution in [2.45, 2.75) is 36.6 Å². The van der Waals surface area contributed by atoms with Crippen LogP contribution in [0.4, 0.5) is 0 Å². The van der Waals surface area contributed by atoms with Gasteiger partial charge in [-0.25, -0.2) is 4.98 Å². The quantitative estimate of drug-likeness (QED) is 0.817. The number of rotatable bonds is 5. The first-order valence-electron chi connectivity index (χ1n) is 7.74. The Morgan fingerprint density at radius 2 is 2.48 bits per heavy atom. The van der Waals surface area contributed by atoms with Crippen molar-refractivity contribution in [3.8, 4) is 0 Å². The maximum Gasteiger partial charge on any atom is 0.254 e. The number of hydrogen-bond acceptors (Lipinski definition) is 6. The summed E-state index contributed by atoms with van der Waals surface area (Å²) >= 11 is 1.49. The molecule has 2 aromatic heterocycles. The highest BCUT2D eigenvalue weighted by Gasteiger charge is 2.19. The summed E-state index contributed by atoms with van der Waals surface area (Å²) in [6.45, 7) is 3.71. The molecule has 6 nitrogen and oxygen atoms in total. The first-order chi connectivity index (χ1) is 11.2. The summed E-state index contributed by atoms with van der Waals surface area (Å²) in [4.78, 5) is 16.9. The highest BCUT2D eigenvalue weighted by molar-refractivity contribution is 7.98. The Hall–Kier alpha value is -1.86. The molecule has 0 bridgehead atoms. The summed E-state index contributed by atoms with van der Waals surface area (Å²) in [5, 5.41) is 11.1. The molecule has 0 radical (unpaired) electrons. The van der Waals surface area contributed by atoms with E-state index in [9.17, 15) is 4.79 Å². The lowest BCUT2D eigenvalue weighted by molar-refractivity contribution is 0.0927. The Bertz CT molecular complexity index is 668. The molecule has 1 aliphatic rings. The van der Waals surface area contributed by atoms with Crippen LogP contribution in [0.1, 0.15) is 34.7 Å². The van der Waals surface area contributed by atoms with Crippen molar-refractivity contribution in [2.24, 2.45) is 0 Å². The van der Waals surface area contributed by atoms with E-state index in [4.69, 9.17) is 4.52 Å². The number of thioether (sulfide) groups is 1. The van der Waals surface area contributed by atoms with Gasteiger partial charge in [0.15, 0.2) is 0 Å². The molecule has 1 fully saturated rings. The fourth-order valence-corrected chi connectivity index (χ4v) is 3.42. The third kappa shape index (κ3) is 4.33.